The number of aryl methyl sites for hydroxylation is 1. The third kappa shape index (κ3) is 4.52. The van der Waals surface area contributed by atoms with Gasteiger partial charge in [-0.3, -0.25) is 4.79 Å². The van der Waals surface area contributed by atoms with Crippen molar-refractivity contribution >= 4 is 17.0 Å². The smallest absolute Gasteiger partial charge is 0.395 e. The first-order valence-electron chi connectivity index (χ1n) is 9.67. The van der Waals surface area contributed by atoms with E-state index in [1.165, 1.54) is 0 Å². The zero-order chi connectivity index (χ0) is 19.8. The van der Waals surface area contributed by atoms with Gasteiger partial charge in [0.1, 0.15) is 5.52 Å². The summed E-state index contributed by atoms with van der Waals surface area (Å²) < 4.78 is 11.2. The van der Waals surface area contributed by atoms with Gasteiger partial charge in [-0.25, -0.2) is 0 Å². The fourth-order valence-electron chi connectivity index (χ4n) is 4.10. The molecule has 1 atom stereocenters. The summed E-state index contributed by atoms with van der Waals surface area (Å²) in [7, 11) is 0. The van der Waals surface area contributed by atoms with Crippen LogP contribution >= 0.6 is 0 Å². The summed E-state index contributed by atoms with van der Waals surface area (Å²) in [6, 6.07) is 5.83. The fourth-order valence-corrected chi connectivity index (χ4v) is 4.10. The Bertz CT molecular complexity index is 864. The van der Waals surface area contributed by atoms with E-state index in [0.717, 1.165) is 29.6 Å². The molecule has 0 bridgehead atoms. The number of benzene rings is 1. The molecule has 0 aliphatic heterocycles. The van der Waals surface area contributed by atoms with Crippen molar-refractivity contribution in [2.45, 2.75) is 60.4 Å². The maximum atomic E-state index is 12.9. The molecule has 5 nitrogen and oxygen atoms in total. The zero-order valence-electron chi connectivity index (χ0n) is 17.2. The summed E-state index contributed by atoms with van der Waals surface area (Å²) in [5.41, 5.74) is 3.79. The van der Waals surface area contributed by atoms with Crippen molar-refractivity contribution in [2.75, 3.05) is 6.61 Å². The molecule has 0 spiro atoms. The number of nitrogens with zero attached hydrogens (tertiary/aromatic N) is 2. The van der Waals surface area contributed by atoms with Crippen molar-refractivity contribution in [3.05, 3.63) is 35.5 Å². The molecule has 0 saturated heterocycles. The van der Waals surface area contributed by atoms with Crippen LogP contribution in [0, 0.1) is 18.3 Å². The lowest BCUT2D eigenvalue weighted by Gasteiger charge is -2.39. The predicted octanol–water partition coefficient (Wildman–Crippen LogP) is 5.09. The molecule has 1 heterocycles. The van der Waals surface area contributed by atoms with Crippen LogP contribution in [0.2, 0.25) is 0 Å². The first kappa shape index (κ1) is 19.5. The van der Waals surface area contributed by atoms with Gasteiger partial charge < -0.3 is 14.1 Å². The topological polar surface area (TPSA) is 55.6 Å². The van der Waals surface area contributed by atoms with Crippen LogP contribution in [-0.2, 0) is 4.79 Å². The summed E-state index contributed by atoms with van der Waals surface area (Å²) in [6.07, 6.45) is 4.39. The number of rotatable bonds is 5. The highest BCUT2D eigenvalue weighted by Gasteiger charge is 2.32. The third-order valence-corrected chi connectivity index (χ3v) is 4.95. The molecule has 1 aromatic carbocycles. The van der Waals surface area contributed by atoms with Gasteiger partial charge in [0.2, 0.25) is 0 Å². The van der Waals surface area contributed by atoms with Crippen LogP contribution in [0.15, 0.2) is 34.4 Å². The Morgan fingerprint density at radius 3 is 2.81 bits per heavy atom. The van der Waals surface area contributed by atoms with Gasteiger partial charge >= 0.3 is 6.08 Å². The van der Waals surface area contributed by atoms with Crippen molar-refractivity contribution in [3.8, 4) is 6.08 Å². The minimum atomic E-state index is -0.0872. The van der Waals surface area contributed by atoms with Gasteiger partial charge in [0, 0.05) is 11.7 Å². The first-order valence-corrected chi connectivity index (χ1v) is 9.67. The number of carbonyl (C=O) groups is 1. The van der Waals surface area contributed by atoms with Gasteiger partial charge in [0.15, 0.2) is 12.2 Å². The van der Waals surface area contributed by atoms with E-state index in [4.69, 9.17) is 9.15 Å². The Morgan fingerprint density at radius 1 is 1.41 bits per heavy atom. The second-order valence-electron chi connectivity index (χ2n) is 8.78. The van der Waals surface area contributed by atoms with Crippen LogP contribution in [0.5, 0.6) is 6.08 Å². The van der Waals surface area contributed by atoms with Gasteiger partial charge in [0.05, 0.1) is 0 Å². The molecule has 27 heavy (non-hydrogen) atoms. The highest BCUT2D eigenvalue weighted by molar-refractivity contribution is 5.80. The predicted molar refractivity (Wildman–Crippen MR) is 106 cm³/mol. The Hall–Kier alpha value is -2.30. The third-order valence-electron chi connectivity index (χ3n) is 4.95. The molecule has 0 fully saturated rings. The number of hydrogen-bond donors (Lipinski definition) is 0. The average Bonchev–Trinajstić information content (AvgIpc) is 2.92. The molecule has 0 saturated carbocycles. The number of ether oxygens (including phenoxy) is 1. The van der Waals surface area contributed by atoms with Crippen LogP contribution in [0.3, 0.4) is 0 Å². The van der Waals surface area contributed by atoms with Crippen molar-refractivity contribution in [1.29, 1.82) is 0 Å². The largest absolute Gasteiger partial charge is 0.440 e. The number of carbonyl (C=O) groups excluding carboxylic acids is 1. The summed E-state index contributed by atoms with van der Waals surface area (Å²) in [4.78, 5) is 19.1. The highest BCUT2D eigenvalue weighted by atomic mass is 16.6. The van der Waals surface area contributed by atoms with Gasteiger partial charge in [-0.2, -0.15) is 4.98 Å². The molecule has 1 aliphatic carbocycles. The molecular weight excluding hydrogens is 340 g/mol. The van der Waals surface area contributed by atoms with E-state index in [1.807, 2.05) is 43.9 Å². The van der Waals surface area contributed by atoms with E-state index >= 15 is 0 Å². The molecule has 1 aliphatic rings. The molecule has 1 amide bonds. The average molecular weight is 370 g/mol. The number of amides is 1. The van der Waals surface area contributed by atoms with E-state index in [-0.39, 0.29) is 30.0 Å². The lowest BCUT2D eigenvalue weighted by atomic mass is 9.75. The number of fused-ring (bicyclic) bond motifs is 1. The second-order valence-corrected chi connectivity index (χ2v) is 8.78. The number of aromatic nitrogens is 1. The molecule has 1 aromatic heterocycles. The van der Waals surface area contributed by atoms with Gasteiger partial charge in [-0.05, 0) is 62.6 Å². The van der Waals surface area contributed by atoms with E-state index in [9.17, 15) is 4.79 Å². The molecule has 1 unspecified atom stereocenters. The number of oxazole rings is 1. The molecular formula is C22H30N2O3. The fraction of sp³-hybridized carbons (Fsp3) is 0.545. The minimum absolute atomic E-state index is 0.0692. The minimum Gasteiger partial charge on any atom is -0.440 e. The van der Waals surface area contributed by atoms with E-state index < -0.39 is 0 Å². The molecule has 0 N–H and O–H groups in total. The van der Waals surface area contributed by atoms with E-state index in [1.54, 1.807) is 0 Å². The standard InChI is InChI=1S/C22H30N2O3/c1-14(2)24(17-9-16(4)11-22(5,6)12-17)20(25)13-26-21-23-18-10-15(3)7-8-19(18)27-21/h7-10,14,16H,11-13H2,1-6H3. The monoisotopic (exact) mass is 370 g/mol. The van der Waals surface area contributed by atoms with Crippen LogP contribution in [-0.4, -0.2) is 28.4 Å². The maximum Gasteiger partial charge on any atom is 0.395 e. The van der Waals surface area contributed by atoms with Crippen LogP contribution < -0.4 is 4.74 Å². The Morgan fingerprint density at radius 2 is 2.15 bits per heavy atom. The van der Waals surface area contributed by atoms with Gasteiger partial charge in [-0.15, -0.1) is 0 Å². The number of allylic oxidation sites excluding steroid dienone is 2. The summed E-state index contributed by atoms with van der Waals surface area (Å²) in [6.45, 7) is 12.7. The van der Waals surface area contributed by atoms with Crippen molar-refractivity contribution in [2.24, 2.45) is 11.3 Å². The quantitative estimate of drug-likeness (QED) is 0.735. The van der Waals surface area contributed by atoms with Crippen LogP contribution in [0.4, 0.5) is 0 Å². The SMILES string of the molecule is Cc1ccc2oc(OCC(=O)N(C3=CC(C)CC(C)(C)C3)C(C)C)nc2c1. The molecule has 146 valence electrons. The lowest BCUT2D eigenvalue weighted by molar-refractivity contribution is -0.133. The number of hydrogen-bond acceptors (Lipinski definition) is 4. The highest BCUT2D eigenvalue weighted by Crippen LogP contribution is 2.39. The van der Waals surface area contributed by atoms with Crippen molar-refractivity contribution < 1.29 is 13.9 Å². The molecule has 2 aromatic rings. The Labute approximate surface area is 161 Å². The summed E-state index contributed by atoms with van der Waals surface area (Å²) in [5.74, 6) is 0.388. The zero-order valence-corrected chi connectivity index (χ0v) is 17.2. The first-order chi connectivity index (χ1) is 12.6. The Balaban J connectivity index is 1.73. The van der Waals surface area contributed by atoms with Gasteiger partial charge in [-0.1, -0.05) is 32.9 Å². The Kier molecular flexibility index (Phi) is 5.31. The lowest BCUT2D eigenvalue weighted by Crippen LogP contribution is -2.42. The summed E-state index contributed by atoms with van der Waals surface area (Å²) >= 11 is 0. The molecule has 0 radical (unpaired) electrons. The van der Waals surface area contributed by atoms with Crippen LogP contribution in [0.1, 0.15) is 53.0 Å². The molecule has 3 rings (SSSR count). The van der Waals surface area contributed by atoms with Crippen molar-refractivity contribution in [3.63, 3.8) is 0 Å². The van der Waals surface area contributed by atoms with Gasteiger partial charge in [0.25, 0.3) is 5.91 Å². The van der Waals surface area contributed by atoms with Crippen LogP contribution in [0.25, 0.3) is 11.1 Å². The van der Waals surface area contributed by atoms with E-state index in [0.29, 0.717) is 11.5 Å². The normalized spacial score (nSPS) is 19.2. The van der Waals surface area contributed by atoms with E-state index in [2.05, 4.69) is 31.8 Å². The second kappa shape index (κ2) is 7.37. The van der Waals surface area contributed by atoms with Crippen molar-refractivity contribution in [1.82, 2.24) is 9.88 Å². The molecule has 5 heteroatoms. The summed E-state index contributed by atoms with van der Waals surface area (Å²) in [5, 5.41) is 0. The maximum absolute atomic E-state index is 12.9.